The molecule has 6 nitrogen and oxygen atoms in total. The van der Waals surface area contributed by atoms with E-state index >= 15 is 8.78 Å². The van der Waals surface area contributed by atoms with Gasteiger partial charge >= 0.3 is 5.97 Å². The summed E-state index contributed by atoms with van der Waals surface area (Å²) in [6.07, 6.45) is 0. The van der Waals surface area contributed by atoms with E-state index in [-0.39, 0.29) is 5.56 Å². The van der Waals surface area contributed by atoms with Crippen molar-refractivity contribution in [2.45, 2.75) is 26.5 Å². The minimum absolute atomic E-state index is 0.0811. The van der Waals surface area contributed by atoms with E-state index in [0.29, 0.717) is 22.2 Å². The first-order valence-corrected chi connectivity index (χ1v) is 12.5. The van der Waals surface area contributed by atoms with Gasteiger partial charge in [-0.15, -0.1) is 0 Å². The van der Waals surface area contributed by atoms with Gasteiger partial charge in [-0.05, 0) is 52.1 Å². The number of fused-ring (bicyclic) bond motifs is 1. The number of ether oxygens (including phenoxy) is 1. The Morgan fingerprint density at radius 1 is 0.946 bits per heavy atom. The van der Waals surface area contributed by atoms with Gasteiger partial charge in [-0.3, -0.25) is 8.86 Å². The lowest BCUT2D eigenvalue weighted by atomic mass is 10.0. The molecule has 192 valence electrons. The summed E-state index contributed by atoms with van der Waals surface area (Å²) in [5.74, 6) is -3.44. The number of halogens is 2. The van der Waals surface area contributed by atoms with E-state index in [1.807, 2.05) is 42.5 Å². The van der Waals surface area contributed by atoms with Crippen molar-refractivity contribution in [1.29, 1.82) is 0 Å². The molecule has 37 heavy (non-hydrogen) atoms. The second-order valence-corrected chi connectivity index (χ2v) is 9.72. The monoisotopic (exact) mass is 525 g/mol. The summed E-state index contributed by atoms with van der Waals surface area (Å²) in [5, 5.41) is 11.7. The Hall–Kier alpha value is -3.82. The third kappa shape index (κ3) is 5.79. The first kappa shape index (κ1) is 26.2. The molecule has 0 radical (unpaired) electrons. The van der Waals surface area contributed by atoms with Crippen LogP contribution in [0.15, 0.2) is 78.9 Å². The zero-order valence-electron chi connectivity index (χ0n) is 20.1. The van der Waals surface area contributed by atoms with Crippen LogP contribution in [-0.2, 0) is 22.7 Å². The standard InChI is InChI=1S/C28H25F2NO5S/c1-17(2)27(28(32)33)31(37(34)35)26-15-24(29)23(14-25(26)30)20-9-11-22(12-10-20)36-16-18-7-8-19-5-3-4-6-21(19)13-18/h3-15,17,27H,16H2,1-2H3,(H,32,33)(H,34,35). The van der Waals surface area contributed by atoms with Crippen LogP contribution in [0.1, 0.15) is 19.4 Å². The van der Waals surface area contributed by atoms with Crippen molar-refractivity contribution in [2.75, 3.05) is 4.31 Å². The molecule has 0 fully saturated rings. The molecule has 0 bridgehead atoms. The minimum atomic E-state index is -2.90. The summed E-state index contributed by atoms with van der Waals surface area (Å²) in [4.78, 5) is 11.7. The number of carboxylic acid groups (broad SMARTS) is 1. The molecule has 2 N–H and O–H groups in total. The Morgan fingerprint density at radius 2 is 1.62 bits per heavy atom. The molecule has 0 saturated carbocycles. The number of rotatable bonds is 9. The van der Waals surface area contributed by atoms with Crippen LogP contribution in [0.3, 0.4) is 0 Å². The van der Waals surface area contributed by atoms with E-state index in [1.54, 1.807) is 24.3 Å². The van der Waals surface area contributed by atoms with Gasteiger partial charge in [0, 0.05) is 11.6 Å². The fourth-order valence-corrected chi connectivity index (χ4v) is 4.98. The lowest BCUT2D eigenvalue weighted by molar-refractivity contribution is -0.139. The fourth-order valence-electron chi connectivity index (χ4n) is 4.14. The number of benzene rings is 4. The van der Waals surface area contributed by atoms with Crippen LogP contribution in [0.4, 0.5) is 14.5 Å². The van der Waals surface area contributed by atoms with Gasteiger partial charge in [0.05, 0.1) is 5.69 Å². The first-order chi connectivity index (χ1) is 17.7. The van der Waals surface area contributed by atoms with Crippen LogP contribution in [0.25, 0.3) is 21.9 Å². The van der Waals surface area contributed by atoms with Crippen molar-refractivity contribution in [2.24, 2.45) is 5.92 Å². The summed E-state index contributed by atoms with van der Waals surface area (Å²) in [7, 11) is 0. The highest BCUT2D eigenvalue weighted by Crippen LogP contribution is 2.33. The number of hydrogen-bond acceptors (Lipinski definition) is 3. The fraction of sp³-hybridized carbons (Fsp3) is 0.179. The number of nitrogens with zero attached hydrogens (tertiary/aromatic N) is 1. The summed E-state index contributed by atoms with van der Waals surface area (Å²) in [5.41, 5.74) is 0.649. The number of carboxylic acids is 1. The predicted octanol–water partition coefficient (Wildman–Crippen LogP) is 6.42. The Balaban J connectivity index is 1.55. The average Bonchev–Trinajstić information content (AvgIpc) is 2.87. The lowest BCUT2D eigenvalue weighted by Gasteiger charge is -2.29. The van der Waals surface area contributed by atoms with Gasteiger partial charge in [0.25, 0.3) is 11.3 Å². The molecule has 0 aromatic heterocycles. The smallest absolute Gasteiger partial charge is 0.327 e. The maximum atomic E-state index is 15.1. The average molecular weight is 526 g/mol. The molecule has 9 heteroatoms. The summed E-state index contributed by atoms with van der Waals surface area (Å²) in [6.45, 7) is 3.34. The molecule has 0 amide bonds. The van der Waals surface area contributed by atoms with Crippen molar-refractivity contribution in [1.82, 2.24) is 0 Å². The Kier molecular flexibility index (Phi) is 7.85. The van der Waals surface area contributed by atoms with E-state index in [4.69, 9.17) is 4.74 Å². The number of hydrogen-bond donors (Lipinski definition) is 2. The van der Waals surface area contributed by atoms with Crippen LogP contribution in [0.5, 0.6) is 5.75 Å². The molecule has 0 spiro atoms. The van der Waals surface area contributed by atoms with E-state index < -0.39 is 46.5 Å². The highest BCUT2D eigenvalue weighted by Gasteiger charge is 2.35. The van der Waals surface area contributed by atoms with E-state index in [2.05, 4.69) is 0 Å². The Labute approximate surface area is 215 Å². The number of carbonyl (C=O) groups is 1. The van der Waals surface area contributed by atoms with Crippen molar-refractivity contribution < 1.29 is 32.2 Å². The molecule has 2 unspecified atom stereocenters. The van der Waals surface area contributed by atoms with Gasteiger partial charge in [-0.2, -0.15) is 0 Å². The molecular formula is C28H25F2NO5S. The molecule has 4 rings (SSSR count). The lowest BCUT2D eigenvalue weighted by Crippen LogP contribution is -2.46. The zero-order valence-corrected chi connectivity index (χ0v) is 20.9. The van der Waals surface area contributed by atoms with Crippen LogP contribution < -0.4 is 9.04 Å². The van der Waals surface area contributed by atoms with E-state index in [9.17, 15) is 18.7 Å². The Bertz CT molecular complexity index is 1460. The summed E-state index contributed by atoms with van der Waals surface area (Å²) in [6, 6.07) is 20.5. The Morgan fingerprint density at radius 3 is 2.24 bits per heavy atom. The molecule has 0 heterocycles. The van der Waals surface area contributed by atoms with Gasteiger partial charge in [0.15, 0.2) is 0 Å². The number of aliphatic carboxylic acids is 1. The van der Waals surface area contributed by atoms with Crippen LogP contribution in [0.2, 0.25) is 0 Å². The largest absolute Gasteiger partial charge is 0.489 e. The summed E-state index contributed by atoms with van der Waals surface area (Å²) < 4.78 is 58.0. The SMILES string of the molecule is CC(C)C(C(=O)O)N(c1cc(F)c(-c2ccc(OCc3ccc4ccccc4c3)cc2)cc1F)S(=O)O. The molecule has 0 aliphatic rings. The molecule has 4 aromatic rings. The van der Waals surface area contributed by atoms with Crippen LogP contribution >= 0.6 is 0 Å². The van der Waals surface area contributed by atoms with Gasteiger partial charge in [-0.1, -0.05) is 62.4 Å². The van der Waals surface area contributed by atoms with E-state index in [0.717, 1.165) is 28.5 Å². The van der Waals surface area contributed by atoms with Gasteiger partial charge in [0.2, 0.25) is 0 Å². The van der Waals surface area contributed by atoms with Crippen molar-refractivity contribution in [3.63, 3.8) is 0 Å². The topological polar surface area (TPSA) is 87.1 Å². The molecule has 0 aliphatic carbocycles. The molecule has 0 saturated heterocycles. The zero-order chi connectivity index (χ0) is 26.7. The second kappa shape index (κ2) is 11.1. The van der Waals surface area contributed by atoms with Crippen molar-refractivity contribution >= 4 is 33.7 Å². The van der Waals surface area contributed by atoms with Crippen molar-refractivity contribution in [3.05, 3.63) is 96.1 Å². The number of anilines is 1. The maximum absolute atomic E-state index is 15.1. The van der Waals surface area contributed by atoms with E-state index in [1.165, 1.54) is 13.8 Å². The summed E-state index contributed by atoms with van der Waals surface area (Å²) >= 11 is -2.90. The van der Waals surface area contributed by atoms with Crippen LogP contribution in [-0.4, -0.2) is 25.9 Å². The second-order valence-electron chi connectivity index (χ2n) is 8.86. The first-order valence-electron chi connectivity index (χ1n) is 11.5. The van der Waals surface area contributed by atoms with Crippen LogP contribution in [0, 0.1) is 17.6 Å². The van der Waals surface area contributed by atoms with Gasteiger partial charge in [0.1, 0.15) is 30.0 Å². The molecular weight excluding hydrogens is 500 g/mol. The molecule has 4 aromatic carbocycles. The van der Waals surface area contributed by atoms with Gasteiger partial charge < -0.3 is 9.84 Å². The molecule has 2 atom stereocenters. The highest BCUT2D eigenvalue weighted by molar-refractivity contribution is 7.80. The highest BCUT2D eigenvalue weighted by atomic mass is 32.2. The third-order valence-corrected chi connectivity index (χ3v) is 6.72. The third-order valence-electron chi connectivity index (χ3n) is 5.96. The minimum Gasteiger partial charge on any atom is -0.489 e. The quantitative estimate of drug-likeness (QED) is 0.246. The normalized spacial score (nSPS) is 12.9. The predicted molar refractivity (Wildman–Crippen MR) is 140 cm³/mol. The van der Waals surface area contributed by atoms with Gasteiger partial charge in [-0.25, -0.2) is 17.8 Å². The van der Waals surface area contributed by atoms with Crippen molar-refractivity contribution in [3.8, 4) is 16.9 Å². The molecule has 0 aliphatic heterocycles. The maximum Gasteiger partial charge on any atom is 0.327 e.